The molecule has 1 saturated carbocycles. The minimum atomic E-state index is -0.147. The van der Waals surface area contributed by atoms with E-state index in [1.54, 1.807) is 12.4 Å². The van der Waals surface area contributed by atoms with Crippen LogP contribution in [0.2, 0.25) is 5.15 Å². The molecule has 4 heteroatoms. The first-order chi connectivity index (χ1) is 10.4. The second kappa shape index (κ2) is 5.37. The van der Waals surface area contributed by atoms with Gasteiger partial charge in [0.25, 0.3) is 0 Å². The topological polar surface area (TPSA) is 49.6 Å². The zero-order valence-corrected chi connectivity index (χ0v) is 13.8. The predicted octanol–water partition coefficient (Wildman–Crippen LogP) is 4.84. The molecule has 0 aliphatic heterocycles. The van der Waals surface area contributed by atoms with Crippen molar-refractivity contribution in [2.45, 2.75) is 44.9 Å². The first-order valence-corrected chi connectivity index (χ1v) is 7.84. The van der Waals surface area contributed by atoms with Gasteiger partial charge in [0, 0.05) is 18.0 Å². The Morgan fingerprint density at radius 1 is 1.23 bits per heavy atom. The third kappa shape index (κ3) is 2.84. The van der Waals surface area contributed by atoms with Crippen molar-refractivity contribution < 1.29 is 0 Å². The van der Waals surface area contributed by atoms with Gasteiger partial charge < -0.3 is 0 Å². The van der Waals surface area contributed by atoms with Crippen LogP contribution in [0.4, 0.5) is 0 Å². The summed E-state index contributed by atoms with van der Waals surface area (Å²) in [6, 6.07) is 6.31. The SMILES string of the molecule is CC(C)(C)c1cncc(-c2cc(C3CC3)cc(Cl)n2)c1C#N. The van der Waals surface area contributed by atoms with E-state index in [1.165, 1.54) is 18.4 Å². The van der Waals surface area contributed by atoms with E-state index in [1.807, 2.05) is 12.1 Å². The van der Waals surface area contributed by atoms with E-state index in [0.717, 1.165) is 16.8 Å². The van der Waals surface area contributed by atoms with E-state index in [-0.39, 0.29) is 5.41 Å². The second-order valence-corrected chi connectivity index (χ2v) is 7.24. The third-order valence-corrected chi connectivity index (χ3v) is 4.20. The van der Waals surface area contributed by atoms with Gasteiger partial charge in [0.15, 0.2) is 0 Å². The van der Waals surface area contributed by atoms with Crippen LogP contribution < -0.4 is 0 Å². The summed E-state index contributed by atoms with van der Waals surface area (Å²) in [6.45, 7) is 6.24. The maximum Gasteiger partial charge on any atom is 0.130 e. The fraction of sp³-hybridized carbons (Fsp3) is 0.389. The van der Waals surface area contributed by atoms with Gasteiger partial charge in [0.1, 0.15) is 11.2 Å². The van der Waals surface area contributed by atoms with E-state index in [0.29, 0.717) is 16.6 Å². The third-order valence-electron chi connectivity index (χ3n) is 4.01. The second-order valence-electron chi connectivity index (χ2n) is 6.85. The molecular formula is C18H18ClN3. The van der Waals surface area contributed by atoms with E-state index in [9.17, 15) is 5.26 Å². The smallest absolute Gasteiger partial charge is 0.130 e. The average molecular weight is 312 g/mol. The number of rotatable bonds is 2. The van der Waals surface area contributed by atoms with Crippen molar-refractivity contribution in [2.24, 2.45) is 0 Å². The Morgan fingerprint density at radius 3 is 2.55 bits per heavy atom. The molecule has 0 saturated heterocycles. The molecule has 112 valence electrons. The number of aromatic nitrogens is 2. The number of halogens is 1. The maximum atomic E-state index is 9.65. The standard InChI is InChI=1S/C18H18ClN3/c1-18(2,3)15-10-21-9-14(13(15)8-20)16-6-12(11-4-5-11)7-17(19)22-16/h6-7,9-11H,4-5H2,1-3H3. The van der Waals surface area contributed by atoms with Crippen molar-refractivity contribution in [2.75, 3.05) is 0 Å². The molecule has 0 atom stereocenters. The van der Waals surface area contributed by atoms with E-state index >= 15 is 0 Å². The molecular weight excluding hydrogens is 294 g/mol. The van der Waals surface area contributed by atoms with Gasteiger partial charge in [-0.25, -0.2) is 4.98 Å². The highest BCUT2D eigenvalue weighted by atomic mass is 35.5. The molecule has 0 radical (unpaired) electrons. The van der Waals surface area contributed by atoms with Crippen LogP contribution in [0.1, 0.15) is 56.2 Å². The summed E-state index contributed by atoms with van der Waals surface area (Å²) in [6.07, 6.45) is 5.88. The molecule has 22 heavy (non-hydrogen) atoms. The minimum Gasteiger partial charge on any atom is -0.264 e. The first kappa shape index (κ1) is 15.0. The lowest BCUT2D eigenvalue weighted by molar-refractivity contribution is 0.586. The van der Waals surface area contributed by atoms with Crippen LogP contribution in [-0.2, 0) is 5.41 Å². The van der Waals surface area contributed by atoms with E-state index < -0.39 is 0 Å². The quantitative estimate of drug-likeness (QED) is 0.745. The van der Waals surface area contributed by atoms with Crippen molar-refractivity contribution >= 4 is 11.6 Å². The number of pyridine rings is 2. The molecule has 0 N–H and O–H groups in total. The lowest BCUT2D eigenvalue weighted by Gasteiger charge is -2.21. The molecule has 0 aromatic carbocycles. The van der Waals surface area contributed by atoms with Gasteiger partial charge in [0.2, 0.25) is 0 Å². The van der Waals surface area contributed by atoms with Crippen LogP contribution in [0.25, 0.3) is 11.3 Å². The highest BCUT2D eigenvalue weighted by Gasteiger charge is 2.26. The highest BCUT2D eigenvalue weighted by Crippen LogP contribution is 2.42. The Morgan fingerprint density at radius 2 is 1.95 bits per heavy atom. The van der Waals surface area contributed by atoms with Crippen molar-refractivity contribution in [3.05, 3.63) is 46.4 Å². The Hall–Kier alpha value is -1.92. The fourth-order valence-corrected chi connectivity index (χ4v) is 2.87. The van der Waals surface area contributed by atoms with Gasteiger partial charge in [-0.05, 0) is 47.4 Å². The molecule has 2 heterocycles. The number of nitrogens with zero attached hydrogens (tertiary/aromatic N) is 3. The Labute approximate surface area is 136 Å². The molecule has 1 aliphatic carbocycles. The Bertz CT molecular complexity index is 765. The molecule has 3 rings (SSSR count). The van der Waals surface area contributed by atoms with Gasteiger partial charge in [-0.3, -0.25) is 4.98 Å². The zero-order chi connectivity index (χ0) is 15.9. The predicted molar refractivity (Wildman–Crippen MR) is 87.9 cm³/mol. The summed E-state index contributed by atoms with van der Waals surface area (Å²) in [4.78, 5) is 8.74. The minimum absolute atomic E-state index is 0.147. The first-order valence-electron chi connectivity index (χ1n) is 7.46. The molecule has 1 aliphatic rings. The molecule has 3 nitrogen and oxygen atoms in total. The Kier molecular flexibility index (Phi) is 3.66. The fourth-order valence-electron chi connectivity index (χ4n) is 2.65. The molecule has 0 unspecified atom stereocenters. The molecule has 0 amide bonds. The van der Waals surface area contributed by atoms with Gasteiger partial charge in [-0.15, -0.1) is 0 Å². The number of hydrogen-bond acceptors (Lipinski definition) is 3. The molecule has 2 aromatic heterocycles. The maximum absolute atomic E-state index is 9.65. The summed E-state index contributed by atoms with van der Waals surface area (Å²) in [5.41, 5.74) is 4.14. The molecule has 0 spiro atoms. The van der Waals surface area contributed by atoms with Crippen LogP contribution in [-0.4, -0.2) is 9.97 Å². The summed E-state index contributed by atoms with van der Waals surface area (Å²) in [5, 5.41) is 10.1. The van der Waals surface area contributed by atoms with Crippen molar-refractivity contribution in [3.8, 4) is 17.3 Å². The normalized spacial score (nSPS) is 14.7. The van der Waals surface area contributed by atoms with Crippen molar-refractivity contribution in [1.82, 2.24) is 9.97 Å². The van der Waals surface area contributed by atoms with E-state index in [2.05, 4.69) is 36.8 Å². The lowest BCUT2D eigenvalue weighted by Crippen LogP contribution is -2.14. The van der Waals surface area contributed by atoms with Crippen LogP contribution in [0.15, 0.2) is 24.5 Å². The van der Waals surface area contributed by atoms with Gasteiger partial charge in [0.05, 0.1) is 11.3 Å². The van der Waals surface area contributed by atoms with Gasteiger partial charge in [-0.2, -0.15) is 5.26 Å². The number of hydrogen-bond donors (Lipinski definition) is 0. The van der Waals surface area contributed by atoms with E-state index in [4.69, 9.17) is 11.6 Å². The molecule has 0 bridgehead atoms. The summed E-state index contributed by atoms with van der Waals surface area (Å²) in [5.74, 6) is 0.587. The lowest BCUT2D eigenvalue weighted by atomic mass is 9.83. The Balaban J connectivity index is 2.19. The van der Waals surface area contributed by atoms with Crippen LogP contribution in [0.3, 0.4) is 0 Å². The van der Waals surface area contributed by atoms with Gasteiger partial charge in [-0.1, -0.05) is 32.4 Å². The van der Waals surface area contributed by atoms with Crippen LogP contribution in [0, 0.1) is 11.3 Å². The average Bonchev–Trinajstić information content (AvgIpc) is 3.29. The number of nitriles is 1. The molecule has 2 aromatic rings. The highest BCUT2D eigenvalue weighted by molar-refractivity contribution is 6.29. The van der Waals surface area contributed by atoms with Crippen molar-refractivity contribution in [1.29, 1.82) is 5.26 Å². The summed E-state index contributed by atoms with van der Waals surface area (Å²) >= 11 is 6.18. The molecule has 1 fully saturated rings. The summed E-state index contributed by atoms with van der Waals surface area (Å²) in [7, 11) is 0. The monoisotopic (exact) mass is 311 g/mol. The van der Waals surface area contributed by atoms with Crippen LogP contribution in [0.5, 0.6) is 0 Å². The van der Waals surface area contributed by atoms with Crippen molar-refractivity contribution in [3.63, 3.8) is 0 Å². The van der Waals surface area contributed by atoms with Gasteiger partial charge >= 0.3 is 0 Å². The van der Waals surface area contributed by atoms with Crippen LogP contribution >= 0.6 is 11.6 Å². The zero-order valence-electron chi connectivity index (χ0n) is 13.0. The largest absolute Gasteiger partial charge is 0.264 e. The summed E-state index contributed by atoms with van der Waals surface area (Å²) < 4.78 is 0.